The van der Waals surface area contributed by atoms with Gasteiger partial charge in [0.2, 0.25) is 0 Å². The Balaban J connectivity index is 1.31. The van der Waals surface area contributed by atoms with Crippen molar-refractivity contribution in [3.8, 4) is 0 Å². The highest BCUT2D eigenvalue weighted by Crippen LogP contribution is 2.77. The van der Waals surface area contributed by atoms with E-state index < -0.39 is 0 Å². The first-order valence-corrected chi connectivity index (χ1v) is 18.4. The number of likely N-dealkylation sites (tertiary alicyclic amines) is 1. The Morgan fingerprint density at radius 1 is 0.773 bits per heavy atom. The number of piperidine rings is 1. The van der Waals surface area contributed by atoms with Crippen LogP contribution in [0.4, 0.5) is 0 Å². The summed E-state index contributed by atoms with van der Waals surface area (Å²) < 4.78 is 11.9. The zero-order valence-electron chi connectivity index (χ0n) is 29.3. The van der Waals surface area contributed by atoms with Gasteiger partial charge in [-0.05, 0) is 136 Å². The Hall–Kier alpha value is -1.36. The smallest absolute Gasteiger partial charge is 0.302 e. The molecule has 0 N–H and O–H groups in total. The number of nitrogens with zero attached hydrogens (tertiary/aromatic N) is 1. The predicted molar refractivity (Wildman–Crippen MR) is 176 cm³/mol. The molecular formula is C39H63NO4. The van der Waals surface area contributed by atoms with Crippen LogP contribution < -0.4 is 0 Å². The fraction of sp³-hybridized carbons (Fsp3) is 0.897. The van der Waals surface area contributed by atoms with E-state index in [1.54, 1.807) is 13.8 Å². The molecule has 6 fully saturated rings. The Labute approximate surface area is 268 Å². The molecule has 1 saturated heterocycles. The van der Waals surface area contributed by atoms with Crippen molar-refractivity contribution < 1.29 is 19.1 Å². The van der Waals surface area contributed by atoms with E-state index in [9.17, 15) is 9.59 Å². The lowest BCUT2D eigenvalue weighted by atomic mass is 9.32. The maximum atomic E-state index is 12.2. The SMILES string of the molecule is C=C(CN1CCCCC1)[C@@H]1CC[C@]2(COC(C)=O)CC[C@]3(C)[C@H](CC[C@@H]4[C@@]5(C)CCC(OC(C)=O)C(C)(C)[C@@H]5CC[C@]43C)[C@@H]12. The van der Waals surface area contributed by atoms with Crippen LogP contribution >= 0.6 is 0 Å². The largest absolute Gasteiger partial charge is 0.465 e. The van der Waals surface area contributed by atoms with E-state index in [1.165, 1.54) is 89.3 Å². The summed E-state index contributed by atoms with van der Waals surface area (Å²) in [5, 5.41) is 0. The van der Waals surface area contributed by atoms with E-state index >= 15 is 0 Å². The molecule has 5 saturated carbocycles. The van der Waals surface area contributed by atoms with Crippen LogP contribution in [0.3, 0.4) is 0 Å². The van der Waals surface area contributed by atoms with Crippen molar-refractivity contribution in [2.24, 2.45) is 56.7 Å². The van der Waals surface area contributed by atoms with Crippen molar-refractivity contribution in [1.82, 2.24) is 4.90 Å². The second-order valence-electron chi connectivity index (χ2n) is 17.9. The zero-order valence-corrected chi connectivity index (χ0v) is 29.3. The third-order valence-corrected chi connectivity index (χ3v) is 15.8. The Morgan fingerprint density at radius 3 is 2.18 bits per heavy atom. The Bertz CT molecular complexity index is 1140. The molecule has 10 atom stereocenters. The Morgan fingerprint density at radius 2 is 1.50 bits per heavy atom. The highest BCUT2D eigenvalue weighted by Gasteiger charge is 2.71. The average Bonchev–Trinajstić information content (AvgIpc) is 3.34. The third kappa shape index (κ3) is 4.94. The van der Waals surface area contributed by atoms with Crippen molar-refractivity contribution in [2.75, 3.05) is 26.2 Å². The number of ether oxygens (including phenoxy) is 2. The second kappa shape index (κ2) is 11.4. The molecule has 248 valence electrons. The van der Waals surface area contributed by atoms with Crippen LogP contribution in [-0.4, -0.2) is 49.2 Å². The molecule has 0 aromatic heterocycles. The van der Waals surface area contributed by atoms with Crippen molar-refractivity contribution in [1.29, 1.82) is 0 Å². The van der Waals surface area contributed by atoms with Gasteiger partial charge in [0.15, 0.2) is 0 Å². The van der Waals surface area contributed by atoms with Crippen LogP contribution in [0.5, 0.6) is 0 Å². The molecule has 5 nitrogen and oxygen atoms in total. The third-order valence-electron chi connectivity index (χ3n) is 15.8. The van der Waals surface area contributed by atoms with Gasteiger partial charge >= 0.3 is 11.9 Å². The molecule has 0 spiro atoms. The summed E-state index contributed by atoms with van der Waals surface area (Å²) in [6.07, 6.45) is 16.0. The van der Waals surface area contributed by atoms with Gasteiger partial charge in [0, 0.05) is 31.2 Å². The molecule has 0 aromatic carbocycles. The van der Waals surface area contributed by atoms with E-state index in [0.717, 1.165) is 19.4 Å². The molecular weight excluding hydrogens is 546 g/mol. The van der Waals surface area contributed by atoms with Gasteiger partial charge in [-0.2, -0.15) is 0 Å². The van der Waals surface area contributed by atoms with E-state index in [0.29, 0.717) is 36.2 Å². The van der Waals surface area contributed by atoms with Crippen LogP contribution in [0.1, 0.15) is 132 Å². The minimum atomic E-state index is -0.132. The van der Waals surface area contributed by atoms with E-state index in [4.69, 9.17) is 16.1 Å². The van der Waals surface area contributed by atoms with Gasteiger partial charge in [-0.15, -0.1) is 0 Å². The highest BCUT2D eigenvalue weighted by atomic mass is 16.5. The maximum absolute atomic E-state index is 12.2. The van der Waals surface area contributed by atoms with E-state index in [1.807, 2.05) is 0 Å². The van der Waals surface area contributed by atoms with Crippen molar-refractivity contribution in [3.05, 3.63) is 12.2 Å². The topological polar surface area (TPSA) is 55.8 Å². The molecule has 0 amide bonds. The van der Waals surface area contributed by atoms with Crippen molar-refractivity contribution >= 4 is 11.9 Å². The lowest BCUT2D eigenvalue weighted by molar-refractivity contribution is -0.252. The number of esters is 2. The first-order valence-electron chi connectivity index (χ1n) is 18.4. The fourth-order valence-electron chi connectivity index (χ4n) is 13.6. The number of carbonyl (C=O) groups is 2. The molecule has 6 aliphatic rings. The standard InChI is InChI=1S/C39H63NO4/c1-26(24-40-22-10-9-11-23-40)29-14-19-39(25-43-27(2)41)21-20-37(7)30(34(29)39)12-13-32-36(6)17-16-33(44-28(3)42)35(4,5)31(36)15-18-38(32,37)8/h29-34H,1,9-25H2,2-8H3/t29-,30+,31-,32+,33?,34+,36-,37+,38+,39+/m0/s1. The fourth-order valence-corrected chi connectivity index (χ4v) is 13.6. The quantitative estimate of drug-likeness (QED) is 0.223. The summed E-state index contributed by atoms with van der Waals surface area (Å²) in [7, 11) is 0. The lowest BCUT2D eigenvalue weighted by Gasteiger charge is -2.73. The van der Waals surface area contributed by atoms with Gasteiger partial charge in [0.05, 0.1) is 6.61 Å². The molecule has 0 bridgehead atoms. The van der Waals surface area contributed by atoms with E-state index in [2.05, 4.69) is 39.5 Å². The molecule has 5 heteroatoms. The molecule has 1 aliphatic heterocycles. The molecule has 1 heterocycles. The first kappa shape index (κ1) is 32.6. The summed E-state index contributed by atoms with van der Waals surface area (Å²) in [4.78, 5) is 26.9. The van der Waals surface area contributed by atoms with Gasteiger partial charge in [0.25, 0.3) is 0 Å². The number of hydrogen-bond acceptors (Lipinski definition) is 5. The van der Waals surface area contributed by atoms with Gasteiger partial charge in [-0.3, -0.25) is 14.5 Å². The minimum Gasteiger partial charge on any atom is -0.465 e. The molecule has 44 heavy (non-hydrogen) atoms. The summed E-state index contributed by atoms with van der Waals surface area (Å²) >= 11 is 0. The van der Waals surface area contributed by atoms with Crippen molar-refractivity contribution in [3.63, 3.8) is 0 Å². The van der Waals surface area contributed by atoms with Crippen LogP contribution in [0, 0.1) is 56.7 Å². The van der Waals surface area contributed by atoms with Crippen LogP contribution in [-0.2, 0) is 19.1 Å². The monoisotopic (exact) mass is 609 g/mol. The molecule has 6 rings (SSSR count). The summed E-state index contributed by atoms with van der Waals surface area (Å²) in [6.45, 7) is 24.9. The number of carbonyl (C=O) groups excluding carboxylic acids is 2. The summed E-state index contributed by atoms with van der Waals surface area (Å²) in [6, 6.07) is 0. The van der Waals surface area contributed by atoms with Crippen LogP contribution in [0.15, 0.2) is 12.2 Å². The van der Waals surface area contributed by atoms with Crippen molar-refractivity contribution in [2.45, 2.75) is 138 Å². The van der Waals surface area contributed by atoms with Gasteiger partial charge in [0.1, 0.15) is 6.10 Å². The average molecular weight is 610 g/mol. The van der Waals surface area contributed by atoms with Gasteiger partial charge < -0.3 is 9.47 Å². The van der Waals surface area contributed by atoms with Gasteiger partial charge in [-0.25, -0.2) is 0 Å². The first-order chi connectivity index (χ1) is 20.7. The number of rotatable bonds is 6. The highest BCUT2D eigenvalue weighted by molar-refractivity contribution is 5.66. The number of hydrogen-bond donors (Lipinski definition) is 0. The predicted octanol–water partition coefficient (Wildman–Crippen LogP) is 8.60. The van der Waals surface area contributed by atoms with E-state index in [-0.39, 0.29) is 45.1 Å². The molecule has 1 unspecified atom stereocenters. The van der Waals surface area contributed by atoms with Crippen LogP contribution in [0.2, 0.25) is 0 Å². The van der Waals surface area contributed by atoms with Crippen LogP contribution in [0.25, 0.3) is 0 Å². The zero-order chi connectivity index (χ0) is 31.7. The maximum Gasteiger partial charge on any atom is 0.302 e. The molecule has 0 radical (unpaired) electrons. The van der Waals surface area contributed by atoms with Gasteiger partial charge in [-0.1, -0.05) is 53.2 Å². The Kier molecular flexibility index (Phi) is 8.45. The number of fused-ring (bicyclic) bond motifs is 7. The minimum absolute atomic E-state index is 0.00770. The molecule has 0 aromatic rings. The molecule has 5 aliphatic carbocycles. The summed E-state index contributed by atoms with van der Waals surface area (Å²) in [5.74, 6) is 2.72. The second-order valence-corrected chi connectivity index (χ2v) is 17.9. The normalized spacial score (nSPS) is 46.5. The lowest BCUT2D eigenvalue weighted by Crippen LogP contribution is -2.67. The summed E-state index contributed by atoms with van der Waals surface area (Å²) in [5.41, 5.74) is 2.35.